The summed E-state index contributed by atoms with van der Waals surface area (Å²) in [5.74, 6) is 0. The summed E-state index contributed by atoms with van der Waals surface area (Å²) < 4.78 is 0. The summed E-state index contributed by atoms with van der Waals surface area (Å²) in [6, 6.07) is 6.38. The van der Waals surface area contributed by atoms with Gasteiger partial charge in [-0.3, -0.25) is 15.0 Å². The van der Waals surface area contributed by atoms with Crippen LogP contribution < -0.4 is 5.32 Å². The van der Waals surface area contributed by atoms with Crippen LogP contribution in [0.2, 0.25) is 0 Å². The van der Waals surface area contributed by atoms with E-state index in [1.54, 1.807) is 6.07 Å². The molecule has 0 saturated carbocycles. The molecule has 0 bridgehead atoms. The molecule has 1 saturated heterocycles. The van der Waals surface area contributed by atoms with Crippen molar-refractivity contribution in [1.29, 1.82) is 5.26 Å². The molecule has 1 aromatic carbocycles. The Balaban J connectivity index is 2.07. The zero-order valence-corrected chi connectivity index (χ0v) is 13.1. The fourth-order valence-corrected chi connectivity index (χ4v) is 2.82. The number of non-ortho nitro benzene ring substituents is 1. The van der Waals surface area contributed by atoms with Crippen molar-refractivity contribution >= 4 is 11.4 Å². The summed E-state index contributed by atoms with van der Waals surface area (Å²) in [6.07, 6.45) is 3.75. The third-order valence-electron chi connectivity index (χ3n) is 4.26. The Labute approximate surface area is 130 Å². The number of nitrogens with one attached hydrogen (secondary N) is 1. The molecule has 1 N–H and O–H groups in total. The van der Waals surface area contributed by atoms with Crippen LogP contribution >= 0.6 is 0 Å². The molecule has 1 fully saturated rings. The fourth-order valence-electron chi connectivity index (χ4n) is 2.82. The van der Waals surface area contributed by atoms with Crippen molar-refractivity contribution in [3.63, 3.8) is 0 Å². The number of benzene rings is 1. The summed E-state index contributed by atoms with van der Waals surface area (Å²) in [6.45, 7) is 7.26. The van der Waals surface area contributed by atoms with Crippen molar-refractivity contribution in [3.8, 4) is 6.07 Å². The molecule has 0 aliphatic carbocycles. The molecule has 0 radical (unpaired) electrons. The van der Waals surface area contributed by atoms with Gasteiger partial charge in [-0.1, -0.05) is 6.42 Å². The van der Waals surface area contributed by atoms with Gasteiger partial charge in [0.15, 0.2) is 0 Å². The number of hydrogen-bond acceptors (Lipinski definition) is 5. The molecule has 118 valence electrons. The second-order valence-electron chi connectivity index (χ2n) is 6.31. The van der Waals surface area contributed by atoms with Gasteiger partial charge in [-0.2, -0.15) is 5.26 Å². The second kappa shape index (κ2) is 6.75. The predicted octanol–water partition coefficient (Wildman–Crippen LogP) is 3.14. The van der Waals surface area contributed by atoms with Crippen molar-refractivity contribution in [1.82, 2.24) is 4.90 Å². The summed E-state index contributed by atoms with van der Waals surface area (Å²) in [5.41, 5.74) is 0.883. The van der Waals surface area contributed by atoms with E-state index in [2.05, 4.69) is 24.1 Å². The third kappa shape index (κ3) is 3.74. The van der Waals surface area contributed by atoms with E-state index in [1.807, 2.05) is 6.07 Å². The van der Waals surface area contributed by atoms with Crippen LogP contribution in [-0.2, 0) is 0 Å². The van der Waals surface area contributed by atoms with Gasteiger partial charge >= 0.3 is 0 Å². The molecule has 1 aromatic rings. The van der Waals surface area contributed by atoms with E-state index in [4.69, 9.17) is 0 Å². The van der Waals surface area contributed by atoms with Crippen molar-refractivity contribution in [2.24, 2.45) is 0 Å². The van der Waals surface area contributed by atoms with Gasteiger partial charge in [-0.25, -0.2) is 0 Å². The molecule has 1 aliphatic rings. The van der Waals surface area contributed by atoms with E-state index in [0.717, 1.165) is 13.1 Å². The average Bonchev–Trinajstić information content (AvgIpc) is 2.53. The molecular weight excluding hydrogens is 280 g/mol. The van der Waals surface area contributed by atoms with Gasteiger partial charge in [0.05, 0.1) is 16.2 Å². The summed E-state index contributed by atoms with van der Waals surface area (Å²) in [5, 5.41) is 23.2. The number of rotatable bonds is 5. The van der Waals surface area contributed by atoms with Crippen LogP contribution in [0.15, 0.2) is 18.2 Å². The quantitative estimate of drug-likeness (QED) is 0.667. The lowest BCUT2D eigenvalue weighted by Crippen LogP contribution is -2.50. The van der Waals surface area contributed by atoms with Crippen LogP contribution in [0.25, 0.3) is 0 Å². The van der Waals surface area contributed by atoms with Crippen LogP contribution in [0.1, 0.15) is 38.7 Å². The van der Waals surface area contributed by atoms with Crippen molar-refractivity contribution in [2.75, 3.05) is 25.0 Å². The molecule has 6 nitrogen and oxygen atoms in total. The number of nitrogens with zero attached hydrogens (tertiary/aromatic N) is 3. The topological polar surface area (TPSA) is 82.2 Å². The van der Waals surface area contributed by atoms with Crippen LogP contribution in [0.5, 0.6) is 0 Å². The Morgan fingerprint density at radius 1 is 1.36 bits per heavy atom. The number of nitriles is 1. The van der Waals surface area contributed by atoms with E-state index >= 15 is 0 Å². The van der Waals surface area contributed by atoms with Gasteiger partial charge in [0.2, 0.25) is 0 Å². The van der Waals surface area contributed by atoms with E-state index in [0.29, 0.717) is 17.8 Å². The average molecular weight is 302 g/mol. The first-order chi connectivity index (χ1) is 10.4. The van der Waals surface area contributed by atoms with E-state index in [1.165, 1.54) is 31.4 Å². The van der Waals surface area contributed by atoms with E-state index < -0.39 is 4.92 Å². The lowest BCUT2D eigenvalue weighted by Gasteiger charge is -2.41. The maximum Gasteiger partial charge on any atom is 0.270 e. The van der Waals surface area contributed by atoms with E-state index in [-0.39, 0.29) is 11.2 Å². The summed E-state index contributed by atoms with van der Waals surface area (Å²) in [7, 11) is 0. The minimum absolute atomic E-state index is 0.0189. The Kier molecular flexibility index (Phi) is 4.99. The van der Waals surface area contributed by atoms with Gasteiger partial charge in [0, 0.05) is 24.2 Å². The summed E-state index contributed by atoms with van der Waals surface area (Å²) in [4.78, 5) is 12.7. The zero-order chi connectivity index (χ0) is 16.2. The largest absolute Gasteiger partial charge is 0.382 e. The Morgan fingerprint density at radius 3 is 2.64 bits per heavy atom. The van der Waals surface area contributed by atoms with Crippen molar-refractivity contribution in [3.05, 3.63) is 33.9 Å². The van der Waals surface area contributed by atoms with E-state index in [9.17, 15) is 15.4 Å². The SMILES string of the molecule is CC(C)(CNc1ccc([N+](=O)[O-])cc1C#N)N1CCCCC1. The number of hydrogen-bond donors (Lipinski definition) is 1. The first-order valence-corrected chi connectivity index (χ1v) is 7.61. The minimum atomic E-state index is -0.484. The fraction of sp³-hybridized carbons (Fsp3) is 0.562. The molecule has 0 amide bonds. The smallest absolute Gasteiger partial charge is 0.270 e. The Morgan fingerprint density at radius 2 is 2.05 bits per heavy atom. The molecule has 1 aliphatic heterocycles. The minimum Gasteiger partial charge on any atom is -0.382 e. The summed E-state index contributed by atoms with van der Waals surface area (Å²) >= 11 is 0. The highest BCUT2D eigenvalue weighted by atomic mass is 16.6. The molecular formula is C16H22N4O2. The second-order valence-corrected chi connectivity index (χ2v) is 6.31. The molecule has 0 spiro atoms. The highest BCUT2D eigenvalue weighted by Crippen LogP contribution is 2.24. The van der Waals surface area contributed by atoms with Crippen LogP contribution in [-0.4, -0.2) is 35.0 Å². The number of anilines is 1. The molecule has 2 rings (SSSR count). The number of nitro benzene ring substituents is 1. The highest BCUT2D eigenvalue weighted by molar-refractivity contribution is 5.61. The molecule has 1 heterocycles. The Bertz CT molecular complexity index is 586. The maximum atomic E-state index is 10.8. The normalized spacial score (nSPS) is 16.0. The van der Waals surface area contributed by atoms with Gasteiger partial charge in [0.25, 0.3) is 5.69 Å². The Hall–Kier alpha value is -2.13. The van der Waals surface area contributed by atoms with Gasteiger partial charge in [0.1, 0.15) is 6.07 Å². The first kappa shape index (κ1) is 16.2. The number of likely N-dealkylation sites (tertiary alicyclic amines) is 1. The highest BCUT2D eigenvalue weighted by Gasteiger charge is 2.27. The maximum absolute atomic E-state index is 10.8. The number of piperidine rings is 1. The van der Waals surface area contributed by atoms with Crippen molar-refractivity contribution < 1.29 is 4.92 Å². The third-order valence-corrected chi connectivity index (χ3v) is 4.26. The monoisotopic (exact) mass is 302 g/mol. The lowest BCUT2D eigenvalue weighted by molar-refractivity contribution is -0.384. The lowest BCUT2D eigenvalue weighted by atomic mass is 9.98. The molecule has 0 atom stereocenters. The van der Waals surface area contributed by atoms with Crippen LogP contribution in [0.4, 0.5) is 11.4 Å². The van der Waals surface area contributed by atoms with Gasteiger partial charge in [-0.05, 0) is 45.8 Å². The standard InChI is InChI=1S/C16H22N4O2/c1-16(2,19-8-4-3-5-9-19)12-18-15-7-6-14(20(21)22)10-13(15)11-17/h6-7,10,18H,3-5,8-9,12H2,1-2H3. The molecule has 0 unspecified atom stereocenters. The predicted molar refractivity (Wildman–Crippen MR) is 85.8 cm³/mol. The van der Waals surface area contributed by atoms with Crippen molar-refractivity contribution in [2.45, 2.75) is 38.6 Å². The number of nitro groups is 1. The first-order valence-electron chi connectivity index (χ1n) is 7.61. The molecule has 0 aromatic heterocycles. The van der Waals surface area contributed by atoms with Gasteiger partial charge in [-0.15, -0.1) is 0 Å². The zero-order valence-electron chi connectivity index (χ0n) is 13.1. The van der Waals surface area contributed by atoms with Crippen LogP contribution in [0, 0.1) is 21.4 Å². The molecule has 22 heavy (non-hydrogen) atoms. The van der Waals surface area contributed by atoms with Crippen LogP contribution in [0.3, 0.4) is 0 Å². The van der Waals surface area contributed by atoms with Gasteiger partial charge < -0.3 is 5.32 Å². The molecule has 6 heteroatoms.